The summed E-state index contributed by atoms with van der Waals surface area (Å²) >= 11 is 0. The number of esters is 2. The van der Waals surface area contributed by atoms with Crippen molar-refractivity contribution in [3.8, 4) is 23.3 Å². The molecule has 0 bridgehead atoms. The summed E-state index contributed by atoms with van der Waals surface area (Å²) in [6.45, 7) is 3.93. The number of methoxy groups -OCH3 is 1. The molecule has 37 heavy (non-hydrogen) atoms. The molecule has 2 N–H and O–H groups in total. The molecule has 1 aliphatic rings. The van der Waals surface area contributed by atoms with Crippen LogP contribution < -0.4 is 19.9 Å². The summed E-state index contributed by atoms with van der Waals surface area (Å²) in [4.78, 5) is 24.2. The van der Waals surface area contributed by atoms with Crippen LogP contribution in [0.25, 0.3) is 0 Å². The zero-order valence-corrected chi connectivity index (χ0v) is 20.7. The van der Waals surface area contributed by atoms with Crippen molar-refractivity contribution < 1.29 is 28.5 Å². The molecule has 1 atom stereocenters. The van der Waals surface area contributed by atoms with E-state index in [0.717, 1.165) is 5.56 Å². The number of carbonyl (C=O) groups is 2. The lowest BCUT2D eigenvalue weighted by Gasteiger charge is -2.26. The van der Waals surface area contributed by atoms with Gasteiger partial charge in [0.15, 0.2) is 6.61 Å². The zero-order valence-electron chi connectivity index (χ0n) is 20.7. The first-order valence-electron chi connectivity index (χ1n) is 11.6. The third kappa shape index (κ3) is 5.57. The maximum atomic E-state index is 12.4. The van der Waals surface area contributed by atoms with Gasteiger partial charge in [-0.1, -0.05) is 44.2 Å². The first-order chi connectivity index (χ1) is 17.8. The Balaban J connectivity index is 1.50. The van der Waals surface area contributed by atoms with Crippen molar-refractivity contribution >= 4 is 11.9 Å². The molecule has 0 aromatic heterocycles. The number of hydrogen-bond acceptors (Lipinski definition) is 8. The van der Waals surface area contributed by atoms with Gasteiger partial charge in [-0.3, -0.25) is 0 Å². The third-order valence-corrected chi connectivity index (χ3v) is 5.99. The second-order valence-corrected chi connectivity index (χ2v) is 8.72. The number of hydrogen-bond donors (Lipinski definition) is 1. The number of nitriles is 1. The van der Waals surface area contributed by atoms with Crippen molar-refractivity contribution in [3.05, 3.63) is 100 Å². The number of nitrogens with zero attached hydrogens (tertiary/aromatic N) is 1. The van der Waals surface area contributed by atoms with E-state index in [0.29, 0.717) is 28.5 Å². The minimum atomic E-state index is -0.583. The fraction of sp³-hybridized carbons (Fsp3) is 0.207. The lowest BCUT2D eigenvalue weighted by Crippen LogP contribution is -2.22. The summed E-state index contributed by atoms with van der Waals surface area (Å²) in [5.41, 5.74) is 9.25. The van der Waals surface area contributed by atoms with Gasteiger partial charge in [-0.2, -0.15) is 5.26 Å². The Bertz CT molecular complexity index is 1390. The SMILES string of the molecule is COC(=O)c1ccc(C2C(C#N)=C(N)Oc3cc(OC(=O)COc4ccc(C(C)C)cc4)ccc32)cc1. The molecule has 1 aliphatic heterocycles. The Kier molecular flexibility index (Phi) is 7.44. The topological polar surface area (TPSA) is 121 Å². The van der Waals surface area contributed by atoms with Crippen molar-refractivity contribution in [2.45, 2.75) is 25.7 Å². The Morgan fingerprint density at radius 3 is 2.32 bits per heavy atom. The maximum Gasteiger partial charge on any atom is 0.349 e. The highest BCUT2D eigenvalue weighted by Crippen LogP contribution is 2.43. The lowest BCUT2D eigenvalue weighted by molar-refractivity contribution is -0.136. The van der Waals surface area contributed by atoms with Gasteiger partial charge in [-0.15, -0.1) is 0 Å². The van der Waals surface area contributed by atoms with Crippen LogP contribution in [0.2, 0.25) is 0 Å². The van der Waals surface area contributed by atoms with Gasteiger partial charge >= 0.3 is 11.9 Å². The number of benzene rings is 3. The van der Waals surface area contributed by atoms with Crippen LogP contribution in [0, 0.1) is 11.3 Å². The van der Waals surface area contributed by atoms with Crippen LogP contribution in [-0.4, -0.2) is 25.7 Å². The standard InChI is InChI=1S/C29H26N2O6/c1-17(2)18-8-10-21(11-9-18)35-16-26(32)36-22-12-13-23-25(14-22)37-28(31)24(15-30)27(23)19-4-6-20(7-5-19)29(33)34-3/h4-14,17,27H,16,31H2,1-3H3. The van der Waals surface area contributed by atoms with Gasteiger partial charge in [-0.25, -0.2) is 9.59 Å². The van der Waals surface area contributed by atoms with E-state index in [1.165, 1.54) is 12.7 Å². The predicted molar refractivity (Wildman–Crippen MR) is 135 cm³/mol. The van der Waals surface area contributed by atoms with Gasteiger partial charge in [-0.05, 0) is 47.4 Å². The molecule has 188 valence electrons. The zero-order chi connectivity index (χ0) is 26.5. The number of allylic oxidation sites excluding steroid dienone is 1. The normalized spacial score (nSPS) is 14.3. The van der Waals surface area contributed by atoms with Crippen molar-refractivity contribution in [3.63, 3.8) is 0 Å². The maximum absolute atomic E-state index is 12.4. The van der Waals surface area contributed by atoms with Crippen LogP contribution in [0.1, 0.15) is 52.7 Å². The molecule has 0 radical (unpaired) electrons. The molecule has 3 aromatic rings. The first kappa shape index (κ1) is 25.3. The molecule has 8 heteroatoms. The highest BCUT2D eigenvalue weighted by Gasteiger charge is 2.31. The minimum absolute atomic E-state index is 0.0475. The fourth-order valence-electron chi connectivity index (χ4n) is 4.02. The van der Waals surface area contributed by atoms with Crippen LogP contribution in [0.4, 0.5) is 0 Å². The molecule has 8 nitrogen and oxygen atoms in total. The summed E-state index contributed by atoms with van der Waals surface area (Å²) in [6, 6.07) is 21.2. The molecule has 0 saturated carbocycles. The average molecular weight is 499 g/mol. The van der Waals surface area contributed by atoms with E-state index in [9.17, 15) is 14.9 Å². The molecule has 0 saturated heterocycles. The first-order valence-corrected chi connectivity index (χ1v) is 11.6. The number of ether oxygens (including phenoxy) is 4. The average Bonchev–Trinajstić information content (AvgIpc) is 2.91. The number of fused-ring (bicyclic) bond motifs is 1. The second kappa shape index (κ2) is 10.9. The minimum Gasteiger partial charge on any atom is -0.482 e. The van der Waals surface area contributed by atoms with E-state index >= 15 is 0 Å². The van der Waals surface area contributed by atoms with Crippen molar-refractivity contribution in [2.24, 2.45) is 5.73 Å². The number of carbonyl (C=O) groups excluding carboxylic acids is 2. The van der Waals surface area contributed by atoms with Crippen LogP contribution in [0.15, 0.2) is 78.2 Å². The van der Waals surface area contributed by atoms with Crippen molar-refractivity contribution in [1.29, 1.82) is 5.26 Å². The number of rotatable bonds is 7. The van der Waals surface area contributed by atoms with Gasteiger partial charge in [0.1, 0.15) is 28.9 Å². The van der Waals surface area contributed by atoms with Crippen LogP contribution in [0.3, 0.4) is 0 Å². The molecule has 0 amide bonds. The fourth-order valence-corrected chi connectivity index (χ4v) is 4.02. The highest BCUT2D eigenvalue weighted by atomic mass is 16.6. The van der Waals surface area contributed by atoms with Gasteiger partial charge in [0.2, 0.25) is 5.88 Å². The van der Waals surface area contributed by atoms with E-state index < -0.39 is 17.9 Å². The van der Waals surface area contributed by atoms with Crippen molar-refractivity contribution in [1.82, 2.24) is 0 Å². The van der Waals surface area contributed by atoms with Crippen LogP contribution >= 0.6 is 0 Å². The molecule has 0 fully saturated rings. The highest BCUT2D eigenvalue weighted by molar-refractivity contribution is 5.89. The molecular weight excluding hydrogens is 472 g/mol. The third-order valence-electron chi connectivity index (χ3n) is 5.99. The predicted octanol–water partition coefficient (Wildman–Crippen LogP) is 4.80. The van der Waals surface area contributed by atoms with E-state index in [2.05, 4.69) is 19.9 Å². The van der Waals surface area contributed by atoms with Gasteiger partial charge in [0.05, 0.1) is 18.6 Å². The van der Waals surface area contributed by atoms with Gasteiger partial charge in [0, 0.05) is 11.6 Å². The van der Waals surface area contributed by atoms with Crippen LogP contribution in [0.5, 0.6) is 17.2 Å². The van der Waals surface area contributed by atoms with Crippen LogP contribution in [-0.2, 0) is 9.53 Å². The monoisotopic (exact) mass is 498 g/mol. The summed E-state index contributed by atoms with van der Waals surface area (Å²) in [7, 11) is 1.31. The molecule has 1 heterocycles. The summed E-state index contributed by atoms with van der Waals surface area (Å²) in [5.74, 6) is -0.0479. The molecular formula is C29H26N2O6. The molecule has 3 aromatic carbocycles. The molecule has 4 rings (SSSR count). The lowest BCUT2D eigenvalue weighted by atomic mass is 9.83. The molecule has 0 aliphatic carbocycles. The largest absolute Gasteiger partial charge is 0.482 e. The molecule has 1 unspecified atom stereocenters. The van der Waals surface area contributed by atoms with Gasteiger partial charge in [0.25, 0.3) is 0 Å². The smallest absolute Gasteiger partial charge is 0.349 e. The van der Waals surface area contributed by atoms with Gasteiger partial charge < -0.3 is 24.7 Å². The van der Waals surface area contributed by atoms with Crippen molar-refractivity contribution in [2.75, 3.05) is 13.7 Å². The Labute approximate surface area is 214 Å². The number of nitrogens with two attached hydrogens (primary N) is 1. The Morgan fingerprint density at radius 2 is 1.70 bits per heavy atom. The summed E-state index contributed by atoms with van der Waals surface area (Å²) in [5, 5.41) is 9.74. The van der Waals surface area contributed by atoms with E-state index in [1.54, 1.807) is 42.5 Å². The second-order valence-electron chi connectivity index (χ2n) is 8.72. The Hall–Kier alpha value is -4.77. The summed E-state index contributed by atoms with van der Waals surface area (Å²) in [6.07, 6.45) is 0. The Morgan fingerprint density at radius 1 is 1.03 bits per heavy atom. The molecule has 0 spiro atoms. The quantitative estimate of drug-likeness (QED) is 0.364. The van der Waals surface area contributed by atoms with E-state index in [-0.39, 0.29) is 23.8 Å². The van der Waals surface area contributed by atoms with E-state index in [4.69, 9.17) is 24.7 Å². The van der Waals surface area contributed by atoms with E-state index in [1.807, 2.05) is 24.3 Å². The summed E-state index contributed by atoms with van der Waals surface area (Å²) < 4.78 is 21.4.